The monoisotopic (exact) mass is 523 g/mol. The highest BCUT2D eigenvalue weighted by Crippen LogP contribution is 2.73. The first-order chi connectivity index (χ1) is 18.0. The average molecular weight is 525 g/mol. The van der Waals surface area contributed by atoms with Gasteiger partial charge in [0, 0.05) is 16.8 Å². The lowest BCUT2D eigenvalue weighted by Gasteiger charge is -2.48. The van der Waals surface area contributed by atoms with E-state index in [9.17, 15) is 0 Å². The zero-order valence-corrected chi connectivity index (χ0v) is 22.9. The Balaban J connectivity index is 1.46. The highest BCUT2D eigenvalue weighted by Gasteiger charge is 2.66. The molecule has 0 N–H and O–H groups in total. The van der Waals surface area contributed by atoms with Gasteiger partial charge in [-0.25, -0.2) is 0 Å². The average Bonchev–Trinajstić information content (AvgIpc) is 3.52. The minimum Gasteiger partial charge on any atom is -0.309 e. The first-order valence-corrected chi connectivity index (χ1v) is 14.3. The molecule has 3 heteroatoms. The van der Waals surface area contributed by atoms with Gasteiger partial charge in [0.15, 0.2) is 0 Å². The lowest BCUT2D eigenvalue weighted by molar-refractivity contribution is 0.115. The molecule has 37 heavy (non-hydrogen) atoms. The van der Waals surface area contributed by atoms with E-state index in [1.165, 1.54) is 47.9 Å². The second-order valence-corrected chi connectivity index (χ2v) is 12.2. The van der Waals surface area contributed by atoms with Gasteiger partial charge in [0.2, 0.25) is 0 Å². The molecule has 2 bridgehead atoms. The summed E-state index contributed by atoms with van der Waals surface area (Å²) in [5.41, 5.74) is 9.27. The van der Waals surface area contributed by atoms with Crippen LogP contribution >= 0.6 is 23.2 Å². The molecule has 4 aromatic carbocycles. The van der Waals surface area contributed by atoms with Crippen molar-refractivity contribution in [1.29, 1.82) is 0 Å². The van der Waals surface area contributed by atoms with Crippen molar-refractivity contribution in [2.45, 2.75) is 44.9 Å². The third-order valence-corrected chi connectivity index (χ3v) is 10.7. The van der Waals surface area contributed by atoms with E-state index in [-0.39, 0.29) is 5.41 Å². The quantitative estimate of drug-likeness (QED) is 0.257. The molecule has 0 amide bonds. The maximum Gasteiger partial charge on any atom is 0.0832 e. The number of benzene rings is 4. The van der Waals surface area contributed by atoms with Crippen LogP contribution in [0.2, 0.25) is 10.0 Å². The maximum atomic E-state index is 6.80. The van der Waals surface area contributed by atoms with Crippen molar-refractivity contribution in [3.8, 4) is 11.1 Å². The first kappa shape index (κ1) is 23.4. The molecule has 0 aliphatic heterocycles. The fraction of sp³-hybridized carbons (Fsp3) is 0.294. The molecule has 0 heterocycles. The number of halogens is 2. The summed E-state index contributed by atoms with van der Waals surface area (Å²) >= 11 is 13.3. The second-order valence-electron chi connectivity index (χ2n) is 11.5. The molecular formula is C34H31Cl2N. The zero-order chi connectivity index (χ0) is 25.4. The highest BCUT2D eigenvalue weighted by molar-refractivity contribution is 6.44. The molecule has 0 aromatic heterocycles. The van der Waals surface area contributed by atoms with Crippen molar-refractivity contribution >= 4 is 40.3 Å². The minimum absolute atomic E-state index is 0.103. The van der Waals surface area contributed by atoms with Crippen LogP contribution in [0.4, 0.5) is 17.1 Å². The predicted molar refractivity (Wildman–Crippen MR) is 157 cm³/mol. The Labute approximate surface area is 230 Å². The van der Waals surface area contributed by atoms with Crippen molar-refractivity contribution in [2.24, 2.45) is 17.3 Å². The molecule has 1 spiro atoms. The molecular weight excluding hydrogens is 493 g/mol. The van der Waals surface area contributed by atoms with Gasteiger partial charge in [-0.2, -0.15) is 0 Å². The van der Waals surface area contributed by atoms with E-state index in [0.29, 0.717) is 15.5 Å². The van der Waals surface area contributed by atoms with Gasteiger partial charge in [0.05, 0.1) is 15.7 Å². The second kappa shape index (κ2) is 8.38. The molecule has 1 nitrogen and oxygen atoms in total. The van der Waals surface area contributed by atoms with Gasteiger partial charge in [0.1, 0.15) is 0 Å². The van der Waals surface area contributed by atoms with Gasteiger partial charge in [-0.15, -0.1) is 0 Å². The molecule has 0 radical (unpaired) electrons. The molecule has 3 aliphatic carbocycles. The van der Waals surface area contributed by atoms with Crippen LogP contribution in [-0.2, 0) is 5.41 Å². The third kappa shape index (κ3) is 3.11. The van der Waals surface area contributed by atoms with Crippen LogP contribution in [0.5, 0.6) is 0 Å². The summed E-state index contributed by atoms with van der Waals surface area (Å²) < 4.78 is 0. The normalized spacial score (nSPS) is 26.9. The Morgan fingerprint density at radius 3 is 2.32 bits per heavy atom. The van der Waals surface area contributed by atoms with Crippen molar-refractivity contribution in [1.82, 2.24) is 0 Å². The molecule has 4 atom stereocenters. The zero-order valence-electron chi connectivity index (χ0n) is 21.3. The fourth-order valence-electron chi connectivity index (χ4n) is 8.48. The fourth-order valence-corrected chi connectivity index (χ4v) is 8.86. The lowest BCUT2D eigenvalue weighted by Crippen LogP contribution is -2.44. The van der Waals surface area contributed by atoms with Crippen LogP contribution in [-0.4, -0.2) is 0 Å². The summed E-state index contributed by atoms with van der Waals surface area (Å²) in [6.45, 7) is 4.98. The number of hydrogen-bond donors (Lipinski definition) is 0. The standard InChI is InChI=1S/C34H31Cl2N/c1-3-23-18-22-20-33(23,2)34(21-22)28-13-8-7-12-26(28)27-19-25(16-17-29(27)34)37(24-10-5-4-6-11-24)31-15-9-14-30(35)32(31)36/h4-17,19,22-23H,3,18,20-21H2,1-2H3. The van der Waals surface area contributed by atoms with Gasteiger partial charge >= 0.3 is 0 Å². The number of nitrogens with zero attached hydrogens (tertiary/aromatic N) is 1. The van der Waals surface area contributed by atoms with Gasteiger partial charge in [-0.05, 0) is 95.2 Å². The number of rotatable bonds is 4. The predicted octanol–water partition coefficient (Wildman–Crippen LogP) is 10.6. The van der Waals surface area contributed by atoms with Crippen molar-refractivity contribution in [3.05, 3.63) is 112 Å². The summed E-state index contributed by atoms with van der Waals surface area (Å²) in [6, 6.07) is 32.6. The SMILES string of the molecule is CCC1CC2CC3(c4ccccc4-c4cc(N(c5ccccc5)c5cccc(Cl)c5Cl)ccc43)C1(C)C2. The van der Waals surface area contributed by atoms with E-state index >= 15 is 0 Å². The van der Waals surface area contributed by atoms with E-state index in [4.69, 9.17) is 23.2 Å². The number of hydrogen-bond acceptors (Lipinski definition) is 1. The van der Waals surface area contributed by atoms with Crippen LogP contribution in [0, 0.1) is 17.3 Å². The largest absolute Gasteiger partial charge is 0.309 e. The molecule has 4 unspecified atom stereocenters. The highest BCUT2D eigenvalue weighted by atomic mass is 35.5. The number of fused-ring (bicyclic) bond motifs is 8. The van der Waals surface area contributed by atoms with Crippen LogP contribution < -0.4 is 4.90 Å². The summed E-state index contributed by atoms with van der Waals surface area (Å²) in [5, 5.41) is 1.13. The molecule has 186 valence electrons. The smallest absolute Gasteiger partial charge is 0.0832 e. The summed E-state index contributed by atoms with van der Waals surface area (Å²) in [5.74, 6) is 1.59. The van der Waals surface area contributed by atoms with Gasteiger partial charge < -0.3 is 4.90 Å². The molecule has 2 saturated carbocycles. The summed E-state index contributed by atoms with van der Waals surface area (Å²) in [6.07, 6.45) is 5.26. The molecule has 3 aliphatic rings. The first-order valence-electron chi connectivity index (χ1n) is 13.5. The lowest BCUT2D eigenvalue weighted by atomic mass is 9.54. The van der Waals surface area contributed by atoms with E-state index in [0.717, 1.165) is 28.9 Å². The number of anilines is 3. The molecule has 7 rings (SSSR count). The van der Waals surface area contributed by atoms with E-state index in [1.54, 1.807) is 0 Å². The minimum atomic E-state index is 0.103. The van der Waals surface area contributed by atoms with E-state index in [2.05, 4.69) is 85.5 Å². The van der Waals surface area contributed by atoms with Crippen molar-refractivity contribution in [2.75, 3.05) is 4.90 Å². The Hall–Kier alpha value is -2.74. The Morgan fingerprint density at radius 1 is 0.784 bits per heavy atom. The third-order valence-electron chi connectivity index (χ3n) is 9.88. The molecule has 2 fully saturated rings. The van der Waals surface area contributed by atoms with Crippen molar-refractivity contribution in [3.63, 3.8) is 0 Å². The van der Waals surface area contributed by atoms with Crippen LogP contribution in [0.1, 0.15) is 50.7 Å². The van der Waals surface area contributed by atoms with E-state index < -0.39 is 0 Å². The summed E-state index contributed by atoms with van der Waals surface area (Å²) in [7, 11) is 0. The van der Waals surface area contributed by atoms with Gasteiger partial charge in [-0.3, -0.25) is 0 Å². The Bertz CT molecular complexity index is 1510. The van der Waals surface area contributed by atoms with Crippen LogP contribution in [0.3, 0.4) is 0 Å². The van der Waals surface area contributed by atoms with Crippen LogP contribution in [0.15, 0.2) is 91.0 Å². The topological polar surface area (TPSA) is 3.24 Å². The summed E-state index contributed by atoms with van der Waals surface area (Å²) in [4.78, 5) is 2.24. The molecule has 4 aromatic rings. The van der Waals surface area contributed by atoms with Gasteiger partial charge in [-0.1, -0.05) is 98.1 Å². The Morgan fingerprint density at radius 2 is 1.54 bits per heavy atom. The van der Waals surface area contributed by atoms with E-state index in [1.807, 2.05) is 24.3 Å². The molecule has 0 saturated heterocycles. The Kier molecular flexibility index (Phi) is 5.30. The van der Waals surface area contributed by atoms with Crippen LogP contribution in [0.25, 0.3) is 11.1 Å². The van der Waals surface area contributed by atoms with Crippen molar-refractivity contribution < 1.29 is 0 Å². The maximum absolute atomic E-state index is 6.80. The van der Waals surface area contributed by atoms with Gasteiger partial charge in [0.25, 0.3) is 0 Å². The number of para-hydroxylation sites is 1.